The summed E-state index contributed by atoms with van der Waals surface area (Å²) in [4.78, 5) is 18.2. The summed E-state index contributed by atoms with van der Waals surface area (Å²) in [5.74, 6) is 0.619. The van der Waals surface area contributed by atoms with Gasteiger partial charge in [-0.25, -0.2) is 0 Å². The Hall–Kier alpha value is -1.65. The van der Waals surface area contributed by atoms with E-state index in [2.05, 4.69) is 15.1 Å². The van der Waals surface area contributed by atoms with Crippen LogP contribution in [0.1, 0.15) is 18.4 Å². The van der Waals surface area contributed by atoms with E-state index < -0.39 is 0 Å². The zero-order valence-corrected chi connectivity index (χ0v) is 7.42. The number of nitrogens with zero attached hydrogens (tertiary/aromatic N) is 2. The molecule has 0 radical (unpaired) electrons. The second-order valence-electron chi connectivity index (χ2n) is 2.81. The summed E-state index contributed by atoms with van der Waals surface area (Å²) in [6.07, 6.45) is 0.672. The number of H-pyrrole nitrogens is 1. The number of aryl methyl sites for hydroxylation is 2. The molecule has 0 aliphatic heterocycles. The molecular weight excluding hydrogens is 170 g/mol. The Bertz CT molecular complexity index is 498. The number of nitrogens with one attached hydrogen (secondary N) is 1. The standard InChI is InChI=1S/C8H9N3O2/c1-3-5-9-7(12)6-4(2)11-13-8(6)10-5/h3H2,1-2H3,(H,9,10,12). The van der Waals surface area contributed by atoms with Crippen molar-refractivity contribution in [2.75, 3.05) is 0 Å². The summed E-state index contributed by atoms with van der Waals surface area (Å²) >= 11 is 0. The van der Waals surface area contributed by atoms with Crippen LogP contribution in [0.25, 0.3) is 11.1 Å². The Kier molecular flexibility index (Phi) is 1.65. The minimum atomic E-state index is -0.180. The van der Waals surface area contributed by atoms with Gasteiger partial charge < -0.3 is 9.51 Å². The highest BCUT2D eigenvalue weighted by Crippen LogP contribution is 2.09. The number of fused-ring (bicyclic) bond motifs is 1. The van der Waals surface area contributed by atoms with Crippen LogP contribution < -0.4 is 5.56 Å². The minimum Gasteiger partial charge on any atom is -0.335 e. The molecule has 2 aromatic heterocycles. The van der Waals surface area contributed by atoms with Crippen LogP contribution in [0, 0.1) is 6.92 Å². The van der Waals surface area contributed by atoms with Crippen molar-refractivity contribution >= 4 is 11.1 Å². The maximum atomic E-state index is 11.4. The van der Waals surface area contributed by atoms with Crippen LogP contribution in [0.4, 0.5) is 0 Å². The third kappa shape index (κ3) is 1.12. The smallest absolute Gasteiger partial charge is 0.265 e. The van der Waals surface area contributed by atoms with E-state index in [1.807, 2.05) is 6.92 Å². The molecule has 0 aliphatic carbocycles. The summed E-state index contributed by atoms with van der Waals surface area (Å²) in [6.45, 7) is 3.63. The lowest BCUT2D eigenvalue weighted by Gasteiger charge is -1.93. The van der Waals surface area contributed by atoms with Crippen LogP contribution in [0.2, 0.25) is 0 Å². The molecule has 0 atom stereocenters. The number of hydrogen-bond donors (Lipinski definition) is 1. The van der Waals surface area contributed by atoms with E-state index in [0.29, 0.717) is 29.0 Å². The summed E-state index contributed by atoms with van der Waals surface area (Å²) in [5, 5.41) is 4.12. The van der Waals surface area contributed by atoms with Gasteiger partial charge in [0.15, 0.2) is 0 Å². The summed E-state index contributed by atoms with van der Waals surface area (Å²) in [7, 11) is 0. The molecule has 5 heteroatoms. The molecule has 0 amide bonds. The lowest BCUT2D eigenvalue weighted by Crippen LogP contribution is -2.10. The quantitative estimate of drug-likeness (QED) is 0.702. The van der Waals surface area contributed by atoms with E-state index >= 15 is 0 Å². The lowest BCUT2D eigenvalue weighted by molar-refractivity contribution is 0.441. The van der Waals surface area contributed by atoms with E-state index in [-0.39, 0.29) is 5.56 Å². The SMILES string of the molecule is CCc1nc2onc(C)c2c(=O)[nH]1. The van der Waals surface area contributed by atoms with E-state index in [9.17, 15) is 4.79 Å². The van der Waals surface area contributed by atoms with Gasteiger partial charge in [-0.15, -0.1) is 0 Å². The van der Waals surface area contributed by atoms with E-state index in [4.69, 9.17) is 4.52 Å². The molecule has 0 fully saturated rings. The lowest BCUT2D eigenvalue weighted by atomic mass is 10.3. The number of aromatic amines is 1. The molecule has 0 unspecified atom stereocenters. The normalized spacial score (nSPS) is 10.9. The zero-order valence-electron chi connectivity index (χ0n) is 7.42. The van der Waals surface area contributed by atoms with Gasteiger partial charge >= 0.3 is 0 Å². The zero-order chi connectivity index (χ0) is 9.42. The number of rotatable bonds is 1. The van der Waals surface area contributed by atoms with Crippen molar-refractivity contribution < 1.29 is 4.52 Å². The van der Waals surface area contributed by atoms with Gasteiger partial charge in [-0.1, -0.05) is 12.1 Å². The first kappa shape index (κ1) is 7.97. The Morgan fingerprint density at radius 1 is 1.54 bits per heavy atom. The van der Waals surface area contributed by atoms with Crippen molar-refractivity contribution in [3.8, 4) is 0 Å². The molecule has 0 aliphatic rings. The van der Waals surface area contributed by atoms with Crippen molar-refractivity contribution in [2.24, 2.45) is 0 Å². The highest BCUT2D eigenvalue weighted by molar-refractivity contribution is 5.73. The number of aromatic nitrogens is 3. The van der Waals surface area contributed by atoms with Gasteiger partial charge in [0.05, 0.1) is 5.69 Å². The van der Waals surface area contributed by atoms with Gasteiger partial charge in [0.1, 0.15) is 11.2 Å². The fourth-order valence-corrected chi connectivity index (χ4v) is 1.21. The maximum Gasteiger partial charge on any atom is 0.265 e. The van der Waals surface area contributed by atoms with Gasteiger partial charge in [0.25, 0.3) is 11.3 Å². The van der Waals surface area contributed by atoms with Gasteiger partial charge in [0.2, 0.25) is 0 Å². The van der Waals surface area contributed by atoms with Crippen molar-refractivity contribution in [3.63, 3.8) is 0 Å². The Labute approximate surface area is 73.8 Å². The van der Waals surface area contributed by atoms with E-state index in [1.54, 1.807) is 6.92 Å². The molecule has 0 saturated heterocycles. The fourth-order valence-electron chi connectivity index (χ4n) is 1.21. The predicted octanol–water partition coefficient (Wildman–Crippen LogP) is 0.782. The van der Waals surface area contributed by atoms with E-state index in [1.165, 1.54) is 0 Å². The molecule has 1 N–H and O–H groups in total. The van der Waals surface area contributed by atoms with Crippen LogP contribution >= 0.6 is 0 Å². The largest absolute Gasteiger partial charge is 0.335 e. The third-order valence-corrected chi connectivity index (χ3v) is 1.90. The van der Waals surface area contributed by atoms with Crippen molar-refractivity contribution in [3.05, 3.63) is 21.9 Å². The number of hydrogen-bond acceptors (Lipinski definition) is 4. The van der Waals surface area contributed by atoms with Gasteiger partial charge in [-0.3, -0.25) is 4.79 Å². The molecule has 5 nitrogen and oxygen atoms in total. The third-order valence-electron chi connectivity index (χ3n) is 1.90. The highest BCUT2D eigenvalue weighted by Gasteiger charge is 2.10. The molecule has 2 heterocycles. The molecule has 0 bridgehead atoms. The monoisotopic (exact) mass is 179 g/mol. The van der Waals surface area contributed by atoms with Crippen molar-refractivity contribution in [2.45, 2.75) is 20.3 Å². The molecule has 0 saturated carbocycles. The molecule has 0 aromatic carbocycles. The molecule has 13 heavy (non-hydrogen) atoms. The minimum absolute atomic E-state index is 0.180. The predicted molar refractivity (Wildman–Crippen MR) is 46.5 cm³/mol. The summed E-state index contributed by atoms with van der Waals surface area (Å²) in [5.41, 5.74) is 0.713. The molecule has 2 rings (SSSR count). The average molecular weight is 179 g/mol. The Morgan fingerprint density at radius 3 is 3.00 bits per heavy atom. The second kappa shape index (κ2) is 2.69. The molecule has 68 valence electrons. The fraction of sp³-hybridized carbons (Fsp3) is 0.375. The van der Waals surface area contributed by atoms with Crippen molar-refractivity contribution in [1.82, 2.24) is 15.1 Å². The average Bonchev–Trinajstić information content (AvgIpc) is 2.48. The first-order valence-corrected chi connectivity index (χ1v) is 4.07. The summed E-state index contributed by atoms with van der Waals surface area (Å²) in [6, 6.07) is 0. The molecule has 2 aromatic rings. The van der Waals surface area contributed by atoms with Crippen LogP contribution in [0.15, 0.2) is 9.32 Å². The van der Waals surface area contributed by atoms with Gasteiger partial charge in [0, 0.05) is 6.42 Å². The Morgan fingerprint density at radius 2 is 2.31 bits per heavy atom. The van der Waals surface area contributed by atoms with E-state index in [0.717, 1.165) is 0 Å². The van der Waals surface area contributed by atoms with Crippen LogP contribution in [-0.4, -0.2) is 15.1 Å². The highest BCUT2D eigenvalue weighted by atomic mass is 16.5. The van der Waals surface area contributed by atoms with Crippen LogP contribution in [0.5, 0.6) is 0 Å². The van der Waals surface area contributed by atoms with Crippen molar-refractivity contribution in [1.29, 1.82) is 0 Å². The topological polar surface area (TPSA) is 71.8 Å². The van der Waals surface area contributed by atoms with Gasteiger partial charge in [-0.2, -0.15) is 4.98 Å². The van der Waals surface area contributed by atoms with Gasteiger partial charge in [-0.05, 0) is 6.92 Å². The van der Waals surface area contributed by atoms with Crippen LogP contribution in [-0.2, 0) is 6.42 Å². The summed E-state index contributed by atoms with van der Waals surface area (Å²) < 4.78 is 4.89. The maximum absolute atomic E-state index is 11.4. The molecular formula is C8H9N3O2. The molecule has 0 spiro atoms. The van der Waals surface area contributed by atoms with Crippen LogP contribution in [0.3, 0.4) is 0 Å². The second-order valence-corrected chi connectivity index (χ2v) is 2.81. The first-order valence-electron chi connectivity index (χ1n) is 4.07. The first-order chi connectivity index (χ1) is 6.22. The Balaban J connectivity index is 2.87.